The van der Waals surface area contributed by atoms with Gasteiger partial charge in [-0.25, -0.2) is 4.79 Å². The first-order valence-electron chi connectivity index (χ1n) is 6.44. The van der Waals surface area contributed by atoms with E-state index >= 15 is 0 Å². The molecule has 0 spiro atoms. The average Bonchev–Trinajstić information content (AvgIpc) is 2.44. The van der Waals surface area contributed by atoms with E-state index in [-0.39, 0.29) is 24.9 Å². The number of halogens is 1. The fraction of sp³-hybridized carbons (Fsp3) is 0.429. The van der Waals surface area contributed by atoms with E-state index in [0.717, 1.165) is 0 Å². The van der Waals surface area contributed by atoms with Crippen molar-refractivity contribution in [1.29, 1.82) is 0 Å². The van der Waals surface area contributed by atoms with Crippen LogP contribution < -0.4 is 10.6 Å². The van der Waals surface area contributed by atoms with Crippen molar-refractivity contribution >= 4 is 30.0 Å². The minimum absolute atomic E-state index is 0. The fourth-order valence-electron chi connectivity index (χ4n) is 1.52. The molecule has 2 N–H and O–H groups in total. The topological polar surface area (TPSA) is 76.7 Å². The van der Waals surface area contributed by atoms with Gasteiger partial charge in [0, 0.05) is 19.3 Å². The molecule has 0 aliphatic rings. The minimum Gasteiger partial charge on any atom is -0.462 e. The molecule has 7 heteroatoms. The summed E-state index contributed by atoms with van der Waals surface area (Å²) < 4.78 is 9.76. The molecule has 0 aliphatic carbocycles. The van der Waals surface area contributed by atoms with Crippen molar-refractivity contribution in [2.24, 2.45) is 0 Å². The monoisotopic (exact) mass is 316 g/mol. The molecule has 0 saturated heterocycles. The molecular weight excluding hydrogens is 296 g/mol. The standard InChI is InChI=1S/C14H20N2O4.ClH/c1-3-20-14(18)11-5-4-6-12(9-11)16-13(17)10-15-7-8-19-2;/h4-6,9,15H,3,7-8,10H2,1-2H3,(H,16,17);1H. The predicted molar refractivity (Wildman–Crippen MR) is 83.0 cm³/mol. The summed E-state index contributed by atoms with van der Waals surface area (Å²) in [4.78, 5) is 23.2. The van der Waals surface area contributed by atoms with Gasteiger partial charge in [0.2, 0.25) is 5.91 Å². The largest absolute Gasteiger partial charge is 0.462 e. The smallest absolute Gasteiger partial charge is 0.338 e. The van der Waals surface area contributed by atoms with Crippen LogP contribution in [0.5, 0.6) is 0 Å². The molecule has 21 heavy (non-hydrogen) atoms. The zero-order chi connectivity index (χ0) is 14.8. The van der Waals surface area contributed by atoms with Gasteiger partial charge in [0.25, 0.3) is 0 Å². The van der Waals surface area contributed by atoms with Crippen LogP contribution in [-0.2, 0) is 14.3 Å². The van der Waals surface area contributed by atoms with Gasteiger partial charge in [-0.2, -0.15) is 0 Å². The van der Waals surface area contributed by atoms with Crippen LogP contribution in [0.2, 0.25) is 0 Å². The van der Waals surface area contributed by atoms with E-state index in [1.54, 1.807) is 38.3 Å². The minimum atomic E-state index is -0.401. The highest BCUT2D eigenvalue weighted by Gasteiger charge is 2.08. The number of nitrogens with one attached hydrogen (secondary N) is 2. The van der Waals surface area contributed by atoms with Crippen molar-refractivity contribution in [1.82, 2.24) is 5.32 Å². The molecule has 0 aliphatic heterocycles. The summed E-state index contributed by atoms with van der Waals surface area (Å²) in [5.41, 5.74) is 0.978. The fourth-order valence-corrected chi connectivity index (χ4v) is 1.52. The molecule has 0 radical (unpaired) electrons. The van der Waals surface area contributed by atoms with Crippen molar-refractivity contribution in [3.63, 3.8) is 0 Å². The number of carbonyl (C=O) groups is 2. The Kier molecular flexibility index (Phi) is 10.2. The Morgan fingerprint density at radius 1 is 1.29 bits per heavy atom. The molecule has 1 aromatic carbocycles. The number of hydrogen-bond donors (Lipinski definition) is 2. The van der Waals surface area contributed by atoms with Gasteiger partial charge >= 0.3 is 5.97 Å². The first-order chi connectivity index (χ1) is 9.67. The quantitative estimate of drug-likeness (QED) is 0.561. The van der Waals surface area contributed by atoms with Crippen LogP contribution >= 0.6 is 12.4 Å². The van der Waals surface area contributed by atoms with Gasteiger partial charge in [0.05, 0.1) is 25.3 Å². The molecule has 0 unspecified atom stereocenters. The van der Waals surface area contributed by atoms with Crippen LogP contribution in [0.4, 0.5) is 5.69 Å². The summed E-state index contributed by atoms with van der Waals surface area (Å²) in [7, 11) is 1.60. The molecule has 1 rings (SSSR count). The second-order valence-electron chi connectivity index (χ2n) is 4.02. The molecule has 0 atom stereocenters. The molecule has 1 aromatic rings. The number of esters is 1. The van der Waals surface area contributed by atoms with Crippen LogP contribution in [0.1, 0.15) is 17.3 Å². The van der Waals surface area contributed by atoms with Crippen molar-refractivity contribution < 1.29 is 19.1 Å². The lowest BCUT2D eigenvalue weighted by molar-refractivity contribution is -0.115. The number of anilines is 1. The Hall–Kier alpha value is -1.63. The van der Waals surface area contributed by atoms with E-state index in [2.05, 4.69) is 10.6 Å². The summed E-state index contributed by atoms with van der Waals surface area (Å²) in [5, 5.41) is 5.64. The summed E-state index contributed by atoms with van der Waals surface area (Å²) in [6.07, 6.45) is 0. The molecule has 6 nitrogen and oxygen atoms in total. The zero-order valence-corrected chi connectivity index (χ0v) is 13.0. The second kappa shape index (κ2) is 11.1. The van der Waals surface area contributed by atoms with Crippen LogP contribution in [0.3, 0.4) is 0 Å². The number of rotatable bonds is 8. The van der Waals surface area contributed by atoms with E-state index in [1.807, 2.05) is 0 Å². The Labute approximate surface area is 130 Å². The SMILES string of the molecule is CCOC(=O)c1cccc(NC(=O)CNCCOC)c1.Cl. The summed E-state index contributed by atoms with van der Waals surface area (Å²) in [6, 6.07) is 6.64. The Morgan fingerprint density at radius 2 is 2.05 bits per heavy atom. The number of hydrogen-bond acceptors (Lipinski definition) is 5. The van der Waals surface area contributed by atoms with Gasteiger partial charge in [0.1, 0.15) is 0 Å². The Bertz CT molecular complexity index is 454. The van der Waals surface area contributed by atoms with Crippen LogP contribution in [0.15, 0.2) is 24.3 Å². The van der Waals surface area contributed by atoms with E-state index in [4.69, 9.17) is 9.47 Å². The van der Waals surface area contributed by atoms with Crippen LogP contribution in [0.25, 0.3) is 0 Å². The van der Waals surface area contributed by atoms with Crippen LogP contribution in [0, 0.1) is 0 Å². The van der Waals surface area contributed by atoms with Crippen molar-refractivity contribution in [3.05, 3.63) is 29.8 Å². The molecular formula is C14H21ClN2O4. The number of amides is 1. The van der Waals surface area contributed by atoms with E-state index in [9.17, 15) is 9.59 Å². The first kappa shape index (κ1) is 19.4. The maximum Gasteiger partial charge on any atom is 0.338 e. The normalized spacial score (nSPS) is 9.62. The van der Waals surface area contributed by atoms with Gasteiger partial charge < -0.3 is 20.1 Å². The average molecular weight is 317 g/mol. The Morgan fingerprint density at radius 3 is 2.71 bits per heavy atom. The zero-order valence-electron chi connectivity index (χ0n) is 12.2. The third-order valence-electron chi connectivity index (χ3n) is 2.43. The lowest BCUT2D eigenvalue weighted by atomic mass is 10.2. The van der Waals surface area contributed by atoms with Crippen molar-refractivity contribution in [2.75, 3.05) is 38.7 Å². The highest BCUT2D eigenvalue weighted by atomic mass is 35.5. The molecule has 0 saturated carbocycles. The predicted octanol–water partition coefficient (Wildman–Crippen LogP) is 1.46. The maximum absolute atomic E-state index is 11.7. The van der Waals surface area contributed by atoms with Gasteiger partial charge in [-0.3, -0.25) is 4.79 Å². The van der Waals surface area contributed by atoms with Gasteiger partial charge in [0.15, 0.2) is 0 Å². The molecule has 0 aromatic heterocycles. The summed E-state index contributed by atoms with van der Waals surface area (Å²) >= 11 is 0. The van der Waals surface area contributed by atoms with E-state index in [0.29, 0.717) is 31.0 Å². The van der Waals surface area contributed by atoms with Gasteiger partial charge in [-0.05, 0) is 25.1 Å². The summed E-state index contributed by atoms with van der Waals surface area (Å²) in [6.45, 7) is 3.40. The molecule has 0 bridgehead atoms. The van der Waals surface area contributed by atoms with Crippen LogP contribution in [-0.4, -0.2) is 45.3 Å². The maximum atomic E-state index is 11.7. The lowest BCUT2D eigenvalue weighted by Gasteiger charge is -2.08. The third kappa shape index (κ3) is 7.65. The van der Waals surface area contributed by atoms with Crippen molar-refractivity contribution in [2.45, 2.75) is 6.92 Å². The second-order valence-corrected chi connectivity index (χ2v) is 4.02. The lowest BCUT2D eigenvalue weighted by Crippen LogP contribution is -2.30. The Balaban J connectivity index is 0.00000400. The number of carbonyl (C=O) groups excluding carboxylic acids is 2. The van der Waals surface area contributed by atoms with Gasteiger partial charge in [-0.1, -0.05) is 6.07 Å². The molecule has 0 heterocycles. The number of benzene rings is 1. The van der Waals surface area contributed by atoms with E-state index < -0.39 is 5.97 Å². The number of ether oxygens (including phenoxy) is 2. The van der Waals surface area contributed by atoms with E-state index in [1.165, 1.54) is 0 Å². The third-order valence-corrected chi connectivity index (χ3v) is 2.43. The number of methoxy groups -OCH3 is 1. The highest BCUT2D eigenvalue weighted by molar-refractivity contribution is 5.95. The molecule has 0 fully saturated rings. The highest BCUT2D eigenvalue weighted by Crippen LogP contribution is 2.11. The van der Waals surface area contributed by atoms with Gasteiger partial charge in [-0.15, -0.1) is 12.4 Å². The molecule has 118 valence electrons. The summed E-state index contributed by atoms with van der Waals surface area (Å²) in [5.74, 6) is -0.580. The molecule has 1 amide bonds. The van der Waals surface area contributed by atoms with Crippen molar-refractivity contribution in [3.8, 4) is 0 Å². The first-order valence-corrected chi connectivity index (χ1v) is 6.44.